The normalized spacial score (nSPS) is 29.9. The van der Waals surface area contributed by atoms with Crippen LogP contribution in [0, 0.1) is 17.2 Å². The quantitative estimate of drug-likeness (QED) is 0.827. The predicted octanol–water partition coefficient (Wildman–Crippen LogP) is 2.12. The Morgan fingerprint density at radius 2 is 2.00 bits per heavy atom. The Morgan fingerprint density at radius 3 is 2.50 bits per heavy atom. The van der Waals surface area contributed by atoms with Crippen LogP contribution in [0.3, 0.4) is 0 Å². The molecule has 0 N–H and O–H groups in total. The van der Waals surface area contributed by atoms with Crippen LogP contribution in [0.15, 0.2) is 30.3 Å². The minimum Gasteiger partial charge on any atom is -0.327 e. The largest absolute Gasteiger partial charge is 0.327 e. The van der Waals surface area contributed by atoms with Crippen molar-refractivity contribution in [2.75, 3.05) is 7.05 Å². The third-order valence-electron chi connectivity index (χ3n) is 4.37. The molecule has 1 fully saturated rings. The van der Waals surface area contributed by atoms with Gasteiger partial charge in [-0.15, -0.1) is 0 Å². The SMILES string of the molecule is CC(=O)C1C(c2ccccc2)CC(=O)N(C)C1(C)C#N. The average molecular weight is 270 g/mol. The Labute approximate surface area is 119 Å². The van der Waals surface area contributed by atoms with Gasteiger partial charge >= 0.3 is 0 Å². The summed E-state index contributed by atoms with van der Waals surface area (Å²) in [6, 6.07) is 11.7. The minimum absolute atomic E-state index is 0.0535. The van der Waals surface area contributed by atoms with E-state index in [1.807, 2.05) is 30.3 Å². The standard InChI is InChI=1S/C16H18N2O2/c1-11(19)15-13(12-7-5-4-6-8-12)9-14(20)18(3)16(15,2)10-17/h4-8,13,15H,9H2,1-3H3. The highest BCUT2D eigenvalue weighted by molar-refractivity contribution is 5.88. The first-order valence-electron chi connectivity index (χ1n) is 6.65. The molecule has 0 radical (unpaired) electrons. The lowest BCUT2D eigenvalue weighted by atomic mass is 9.67. The van der Waals surface area contributed by atoms with E-state index >= 15 is 0 Å². The zero-order chi connectivity index (χ0) is 14.9. The molecule has 1 heterocycles. The van der Waals surface area contributed by atoms with E-state index in [9.17, 15) is 14.9 Å². The lowest BCUT2D eigenvalue weighted by Crippen LogP contribution is -2.59. The summed E-state index contributed by atoms with van der Waals surface area (Å²) in [4.78, 5) is 25.7. The molecule has 1 aromatic carbocycles. The van der Waals surface area contributed by atoms with Crippen molar-refractivity contribution in [3.63, 3.8) is 0 Å². The van der Waals surface area contributed by atoms with Gasteiger partial charge in [-0.05, 0) is 19.4 Å². The molecule has 2 rings (SSSR count). The molecule has 4 nitrogen and oxygen atoms in total. The van der Waals surface area contributed by atoms with Gasteiger partial charge in [0.2, 0.25) is 5.91 Å². The minimum atomic E-state index is -1.10. The molecule has 1 aliphatic rings. The van der Waals surface area contributed by atoms with Crippen LogP contribution in [-0.2, 0) is 9.59 Å². The summed E-state index contributed by atoms with van der Waals surface area (Å²) in [6.45, 7) is 3.17. The molecule has 1 aliphatic heterocycles. The van der Waals surface area contributed by atoms with E-state index in [1.165, 1.54) is 11.8 Å². The van der Waals surface area contributed by atoms with E-state index in [2.05, 4.69) is 6.07 Å². The Kier molecular flexibility index (Phi) is 3.63. The van der Waals surface area contributed by atoms with E-state index in [0.717, 1.165) is 5.56 Å². The molecule has 1 aromatic rings. The second-order valence-electron chi connectivity index (χ2n) is 5.52. The summed E-state index contributed by atoms with van der Waals surface area (Å²) in [5, 5.41) is 9.53. The van der Waals surface area contributed by atoms with Crippen molar-refractivity contribution < 1.29 is 9.59 Å². The van der Waals surface area contributed by atoms with E-state index < -0.39 is 11.5 Å². The number of hydrogen-bond donors (Lipinski definition) is 0. The first-order chi connectivity index (χ1) is 9.41. The molecule has 1 saturated heterocycles. The van der Waals surface area contributed by atoms with Crippen LogP contribution >= 0.6 is 0 Å². The molecule has 3 unspecified atom stereocenters. The second-order valence-corrected chi connectivity index (χ2v) is 5.52. The number of carbonyl (C=O) groups is 2. The highest BCUT2D eigenvalue weighted by Crippen LogP contribution is 2.43. The monoisotopic (exact) mass is 270 g/mol. The number of ketones is 1. The number of carbonyl (C=O) groups excluding carboxylic acids is 2. The molecular formula is C16H18N2O2. The van der Waals surface area contributed by atoms with Crippen LogP contribution in [0.2, 0.25) is 0 Å². The Morgan fingerprint density at radius 1 is 1.40 bits per heavy atom. The molecule has 0 saturated carbocycles. The number of amides is 1. The van der Waals surface area contributed by atoms with Crippen LogP contribution in [0.1, 0.15) is 31.7 Å². The van der Waals surface area contributed by atoms with Crippen LogP contribution in [0.4, 0.5) is 0 Å². The molecule has 20 heavy (non-hydrogen) atoms. The number of piperidine rings is 1. The molecule has 3 atom stereocenters. The molecule has 4 heteroatoms. The lowest BCUT2D eigenvalue weighted by Gasteiger charge is -2.46. The van der Waals surface area contributed by atoms with Crippen LogP contribution < -0.4 is 0 Å². The van der Waals surface area contributed by atoms with Crippen molar-refractivity contribution in [2.24, 2.45) is 5.92 Å². The fourth-order valence-electron chi connectivity index (χ4n) is 3.14. The summed E-state index contributed by atoms with van der Waals surface area (Å²) >= 11 is 0. The Hall–Kier alpha value is -2.15. The van der Waals surface area contributed by atoms with Gasteiger partial charge in [0.05, 0.1) is 12.0 Å². The van der Waals surface area contributed by atoms with Gasteiger partial charge in [-0.2, -0.15) is 5.26 Å². The zero-order valence-electron chi connectivity index (χ0n) is 12.0. The van der Waals surface area contributed by atoms with Crippen molar-refractivity contribution in [2.45, 2.75) is 31.7 Å². The van der Waals surface area contributed by atoms with Crippen molar-refractivity contribution in [1.82, 2.24) is 4.90 Å². The number of benzene rings is 1. The third kappa shape index (κ3) is 2.09. The summed E-state index contributed by atoms with van der Waals surface area (Å²) in [7, 11) is 1.60. The number of Topliss-reactive ketones (excluding diaryl/α,β-unsaturated/α-hetero) is 1. The van der Waals surface area contributed by atoms with Gasteiger partial charge in [0.25, 0.3) is 0 Å². The van der Waals surface area contributed by atoms with Crippen LogP contribution in [-0.4, -0.2) is 29.2 Å². The fraction of sp³-hybridized carbons (Fsp3) is 0.438. The van der Waals surface area contributed by atoms with Crippen molar-refractivity contribution in [3.05, 3.63) is 35.9 Å². The average Bonchev–Trinajstić information content (AvgIpc) is 2.44. The molecule has 1 amide bonds. The van der Waals surface area contributed by atoms with E-state index in [-0.39, 0.29) is 24.0 Å². The molecule has 0 bridgehead atoms. The molecule has 0 aromatic heterocycles. The topological polar surface area (TPSA) is 61.2 Å². The summed E-state index contributed by atoms with van der Waals surface area (Å²) in [5.41, 5.74) is -0.155. The highest BCUT2D eigenvalue weighted by atomic mass is 16.2. The molecule has 104 valence electrons. The summed E-state index contributed by atoms with van der Waals surface area (Å²) in [5.74, 6) is -0.887. The van der Waals surface area contributed by atoms with Gasteiger partial charge in [-0.1, -0.05) is 30.3 Å². The lowest BCUT2D eigenvalue weighted by molar-refractivity contribution is -0.144. The van der Waals surface area contributed by atoms with E-state index in [4.69, 9.17) is 0 Å². The Balaban J connectivity index is 2.54. The van der Waals surface area contributed by atoms with Gasteiger partial charge in [0, 0.05) is 19.4 Å². The second kappa shape index (κ2) is 5.09. The smallest absolute Gasteiger partial charge is 0.224 e. The van der Waals surface area contributed by atoms with Crippen LogP contribution in [0.25, 0.3) is 0 Å². The van der Waals surface area contributed by atoms with Crippen molar-refractivity contribution in [3.8, 4) is 6.07 Å². The van der Waals surface area contributed by atoms with Gasteiger partial charge in [-0.3, -0.25) is 9.59 Å². The molecular weight excluding hydrogens is 252 g/mol. The van der Waals surface area contributed by atoms with Gasteiger partial charge in [-0.25, -0.2) is 0 Å². The maximum absolute atomic E-state index is 12.2. The zero-order valence-corrected chi connectivity index (χ0v) is 12.0. The predicted molar refractivity (Wildman–Crippen MR) is 74.8 cm³/mol. The van der Waals surface area contributed by atoms with Gasteiger partial charge in [0.1, 0.15) is 11.3 Å². The molecule has 0 aliphatic carbocycles. The fourth-order valence-corrected chi connectivity index (χ4v) is 3.14. The maximum atomic E-state index is 12.2. The summed E-state index contributed by atoms with van der Waals surface area (Å²) < 4.78 is 0. The highest BCUT2D eigenvalue weighted by Gasteiger charge is 2.52. The van der Waals surface area contributed by atoms with Crippen molar-refractivity contribution >= 4 is 11.7 Å². The third-order valence-corrected chi connectivity index (χ3v) is 4.37. The number of rotatable bonds is 2. The van der Waals surface area contributed by atoms with E-state index in [0.29, 0.717) is 0 Å². The Bertz CT molecular complexity index is 576. The maximum Gasteiger partial charge on any atom is 0.224 e. The number of nitrogens with zero attached hydrogens (tertiary/aromatic N) is 2. The van der Waals surface area contributed by atoms with Crippen LogP contribution in [0.5, 0.6) is 0 Å². The summed E-state index contributed by atoms with van der Waals surface area (Å²) in [6.07, 6.45) is 0.266. The molecule has 0 spiro atoms. The van der Waals surface area contributed by atoms with Gasteiger partial charge < -0.3 is 4.90 Å². The number of nitriles is 1. The van der Waals surface area contributed by atoms with E-state index in [1.54, 1.807) is 14.0 Å². The number of hydrogen-bond acceptors (Lipinski definition) is 3. The first kappa shape index (κ1) is 14.3. The van der Waals surface area contributed by atoms with Crippen molar-refractivity contribution in [1.29, 1.82) is 5.26 Å². The number of likely N-dealkylation sites (tertiary alicyclic amines) is 1. The van der Waals surface area contributed by atoms with Gasteiger partial charge in [0.15, 0.2) is 0 Å². The first-order valence-corrected chi connectivity index (χ1v) is 6.65.